The van der Waals surface area contributed by atoms with E-state index >= 15 is 0 Å². The molecule has 0 bridgehead atoms. The summed E-state index contributed by atoms with van der Waals surface area (Å²) in [6.45, 7) is 5.28. The number of hydrogen-bond donors (Lipinski definition) is 1. The van der Waals surface area contributed by atoms with E-state index in [0.717, 1.165) is 6.42 Å². The molecule has 7 heteroatoms. The van der Waals surface area contributed by atoms with Crippen molar-refractivity contribution in [2.45, 2.75) is 25.2 Å². The Balaban J connectivity index is 2.46. The summed E-state index contributed by atoms with van der Waals surface area (Å²) in [6.07, 6.45) is 0.869. The lowest BCUT2D eigenvalue weighted by atomic mass is 9.93. The smallest absolute Gasteiger partial charge is 0.256 e. The molecule has 110 valence electrons. The number of likely N-dealkylation sites (tertiary alicyclic amines) is 1. The second-order valence-corrected chi connectivity index (χ2v) is 7.74. The highest BCUT2D eigenvalue weighted by Crippen LogP contribution is 2.32. The van der Waals surface area contributed by atoms with Crippen molar-refractivity contribution in [1.82, 2.24) is 4.90 Å². The standard InChI is InChI=1S/C13H17ClN2O3S/c1-13(2)6-7-16(8-13)12(17)11-9(14)4-3-5-10(11)20(15,18)19/h3-5H,6-8H2,1-2H3,(H2,15,18,19). The van der Waals surface area contributed by atoms with E-state index in [0.29, 0.717) is 13.1 Å². The van der Waals surface area contributed by atoms with Crippen LogP contribution in [0.3, 0.4) is 0 Å². The normalized spacial score (nSPS) is 18.3. The largest absolute Gasteiger partial charge is 0.338 e. The Morgan fingerprint density at radius 3 is 2.55 bits per heavy atom. The first-order chi connectivity index (χ1) is 9.12. The average molecular weight is 317 g/mol. The maximum absolute atomic E-state index is 12.5. The van der Waals surface area contributed by atoms with Gasteiger partial charge in [-0.3, -0.25) is 4.79 Å². The monoisotopic (exact) mass is 316 g/mol. The van der Waals surface area contributed by atoms with Gasteiger partial charge in [-0.05, 0) is 24.0 Å². The van der Waals surface area contributed by atoms with Crippen molar-refractivity contribution < 1.29 is 13.2 Å². The minimum atomic E-state index is -3.99. The molecule has 1 heterocycles. The molecule has 2 rings (SSSR count). The second-order valence-electron chi connectivity index (χ2n) is 5.80. The Labute approximate surface area is 123 Å². The van der Waals surface area contributed by atoms with Gasteiger partial charge in [0.05, 0.1) is 15.5 Å². The molecular weight excluding hydrogens is 300 g/mol. The Kier molecular flexibility index (Phi) is 3.83. The summed E-state index contributed by atoms with van der Waals surface area (Å²) in [5, 5.41) is 5.26. The third-order valence-electron chi connectivity index (χ3n) is 3.46. The molecule has 0 radical (unpaired) electrons. The predicted molar refractivity (Wildman–Crippen MR) is 77.1 cm³/mol. The molecule has 0 atom stereocenters. The topological polar surface area (TPSA) is 80.5 Å². The van der Waals surface area contributed by atoms with Gasteiger partial charge in [0.2, 0.25) is 10.0 Å². The van der Waals surface area contributed by atoms with Crippen molar-refractivity contribution in [1.29, 1.82) is 0 Å². The van der Waals surface area contributed by atoms with Crippen molar-refractivity contribution in [3.8, 4) is 0 Å². The van der Waals surface area contributed by atoms with Crippen molar-refractivity contribution in [2.75, 3.05) is 13.1 Å². The van der Waals surface area contributed by atoms with Crippen molar-refractivity contribution in [2.24, 2.45) is 10.6 Å². The number of rotatable bonds is 2. The fraction of sp³-hybridized carbons (Fsp3) is 0.462. The summed E-state index contributed by atoms with van der Waals surface area (Å²) < 4.78 is 23.2. The zero-order valence-corrected chi connectivity index (χ0v) is 13.0. The van der Waals surface area contributed by atoms with E-state index in [2.05, 4.69) is 13.8 Å². The number of carbonyl (C=O) groups excluding carboxylic acids is 1. The Morgan fingerprint density at radius 1 is 1.40 bits per heavy atom. The van der Waals surface area contributed by atoms with Crippen LogP contribution in [0.1, 0.15) is 30.6 Å². The zero-order valence-electron chi connectivity index (χ0n) is 11.4. The summed E-state index contributed by atoms with van der Waals surface area (Å²) in [5.41, 5.74) is -0.00654. The van der Waals surface area contributed by atoms with Crippen molar-refractivity contribution in [3.05, 3.63) is 28.8 Å². The van der Waals surface area contributed by atoms with Gasteiger partial charge in [0, 0.05) is 13.1 Å². The maximum Gasteiger partial charge on any atom is 0.256 e. The lowest BCUT2D eigenvalue weighted by molar-refractivity contribution is 0.0774. The van der Waals surface area contributed by atoms with Gasteiger partial charge in [0.25, 0.3) is 5.91 Å². The molecule has 0 spiro atoms. The summed E-state index contributed by atoms with van der Waals surface area (Å²) in [5.74, 6) is -0.384. The maximum atomic E-state index is 12.5. The molecule has 5 nitrogen and oxygen atoms in total. The SMILES string of the molecule is CC1(C)CCN(C(=O)c2c(Cl)cccc2S(N)(=O)=O)C1. The van der Waals surface area contributed by atoms with Crippen LogP contribution in [0.15, 0.2) is 23.1 Å². The molecule has 20 heavy (non-hydrogen) atoms. The van der Waals surface area contributed by atoms with Gasteiger partial charge in [-0.15, -0.1) is 0 Å². The molecule has 0 unspecified atom stereocenters. The van der Waals surface area contributed by atoms with Crippen LogP contribution in [-0.2, 0) is 10.0 Å². The Hall–Kier alpha value is -1.11. The van der Waals surface area contributed by atoms with E-state index in [1.165, 1.54) is 18.2 Å². The van der Waals surface area contributed by atoms with Crippen LogP contribution in [-0.4, -0.2) is 32.3 Å². The molecule has 1 aliphatic rings. The summed E-state index contributed by atoms with van der Waals surface area (Å²) in [4.78, 5) is 13.9. The third-order valence-corrected chi connectivity index (χ3v) is 4.73. The van der Waals surface area contributed by atoms with E-state index < -0.39 is 10.0 Å². The summed E-state index contributed by atoms with van der Waals surface area (Å²) in [7, 11) is -3.99. The van der Waals surface area contributed by atoms with Crippen LogP contribution in [0.4, 0.5) is 0 Å². The zero-order chi connectivity index (χ0) is 15.1. The van der Waals surface area contributed by atoms with Crippen LogP contribution >= 0.6 is 11.6 Å². The molecular formula is C13H17ClN2O3S. The van der Waals surface area contributed by atoms with Gasteiger partial charge in [-0.1, -0.05) is 31.5 Å². The summed E-state index contributed by atoms with van der Waals surface area (Å²) in [6, 6.07) is 4.26. The Bertz CT molecular complexity index is 656. The average Bonchev–Trinajstić information content (AvgIpc) is 2.67. The van der Waals surface area contributed by atoms with Gasteiger partial charge in [0.1, 0.15) is 0 Å². The first kappa shape index (κ1) is 15.3. The number of primary sulfonamides is 1. The number of halogens is 1. The predicted octanol–water partition coefficient (Wildman–Crippen LogP) is 1.86. The van der Waals surface area contributed by atoms with E-state index in [-0.39, 0.29) is 26.8 Å². The van der Waals surface area contributed by atoms with Gasteiger partial charge in [-0.2, -0.15) is 0 Å². The van der Waals surface area contributed by atoms with E-state index in [9.17, 15) is 13.2 Å². The third kappa shape index (κ3) is 2.97. The van der Waals surface area contributed by atoms with Crippen LogP contribution in [0.25, 0.3) is 0 Å². The highest BCUT2D eigenvalue weighted by molar-refractivity contribution is 7.89. The molecule has 1 saturated heterocycles. The molecule has 1 amide bonds. The lowest BCUT2D eigenvalue weighted by Crippen LogP contribution is -2.32. The van der Waals surface area contributed by atoms with Crippen LogP contribution in [0, 0.1) is 5.41 Å². The number of amides is 1. The highest BCUT2D eigenvalue weighted by atomic mass is 35.5. The first-order valence-electron chi connectivity index (χ1n) is 6.22. The number of sulfonamides is 1. The molecule has 1 fully saturated rings. The van der Waals surface area contributed by atoms with E-state index in [1.807, 2.05) is 0 Å². The van der Waals surface area contributed by atoms with Crippen LogP contribution in [0.5, 0.6) is 0 Å². The fourth-order valence-corrected chi connectivity index (χ4v) is 3.45. The molecule has 1 aromatic rings. The first-order valence-corrected chi connectivity index (χ1v) is 8.15. The van der Waals surface area contributed by atoms with Crippen LogP contribution in [0.2, 0.25) is 5.02 Å². The number of nitrogens with two attached hydrogens (primary N) is 1. The lowest BCUT2D eigenvalue weighted by Gasteiger charge is -2.21. The van der Waals surface area contributed by atoms with Gasteiger partial charge < -0.3 is 4.90 Å². The van der Waals surface area contributed by atoms with Crippen LogP contribution < -0.4 is 5.14 Å². The van der Waals surface area contributed by atoms with E-state index in [4.69, 9.17) is 16.7 Å². The van der Waals surface area contributed by atoms with Crippen molar-refractivity contribution in [3.63, 3.8) is 0 Å². The molecule has 1 aromatic carbocycles. The Morgan fingerprint density at radius 2 is 2.05 bits per heavy atom. The molecule has 1 aliphatic heterocycles. The molecule has 0 aromatic heterocycles. The second kappa shape index (κ2) is 5.02. The van der Waals surface area contributed by atoms with Crippen molar-refractivity contribution >= 4 is 27.5 Å². The molecule has 0 saturated carbocycles. The molecule has 2 N–H and O–H groups in total. The molecule has 0 aliphatic carbocycles. The number of benzene rings is 1. The highest BCUT2D eigenvalue weighted by Gasteiger charge is 2.35. The summed E-state index contributed by atoms with van der Waals surface area (Å²) >= 11 is 6.01. The van der Waals surface area contributed by atoms with Gasteiger partial charge >= 0.3 is 0 Å². The quantitative estimate of drug-likeness (QED) is 0.904. The fourth-order valence-electron chi connectivity index (χ4n) is 2.39. The number of hydrogen-bond acceptors (Lipinski definition) is 3. The van der Waals surface area contributed by atoms with Gasteiger partial charge in [-0.25, -0.2) is 13.6 Å². The minimum Gasteiger partial charge on any atom is -0.338 e. The van der Waals surface area contributed by atoms with E-state index in [1.54, 1.807) is 4.90 Å². The van der Waals surface area contributed by atoms with Gasteiger partial charge in [0.15, 0.2) is 0 Å². The number of nitrogens with zero attached hydrogens (tertiary/aromatic N) is 1. The minimum absolute atomic E-state index is 0.0265. The number of carbonyl (C=O) groups is 1.